The molecule has 0 atom stereocenters. The van der Waals surface area contributed by atoms with Crippen LogP contribution in [0.5, 0.6) is 0 Å². The summed E-state index contributed by atoms with van der Waals surface area (Å²) in [5.74, 6) is -1.64. The van der Waals surface area contributed by atoms with Crippen LogP contribution in [0.1, 0.15) is 10.4 Å². The molecule has 0 saturated carbocycles. The van der Waals surface area contributed by atoms with Crippen molar-refractivity contribution < 1.29 is 14.3 Å². The van der Waals surface area contributed by atoms with E-state index in [2.05, 4.69) is 0 Å². The van der Waals surface area contributed by atoms with Gasteiger partial charge in [-0.15, -0.1) is 0 Å². The second-order valence-electron chi connectivity index (χ2n) is 3.63. The van der Waals surface area contributed by atoms with Crippen molar-refractivity contribution in [3.8, 4) is 11.1 Å². The van der Waals surface area contributed by atoms with Crippen LogP contribution in [0.4, 0.5) is 4.39 Å². The molecule has 5 heteroatoms. The van der Waals surface area contributed by atoms with Crippen LogP contribution in [0.2, 0.25) is 10.0 Å². The average molecular weight is 285 g/mol. The molecule has 0 saturated heterocycles. The molecule has 0 aliphatic heterocycles. The molecule has 0 unspecified atom stereocenters. The minimum atomic E-state index is -1.12. The van der Waals surface area contributed by atoms with E-state index in [9.17, 15) is 9.18 Å². The second-order valence-corrected chi connectivity index (χ2v) is 4.44. The summed E-state index contributed by atoms with van der Waals surface area (Å²) < 4.78 is 13.0. The number of carboxylic acids is 1. The third kappa shape index (κ3) is 2.47. The lowest BCUT2D eigenvalue weighted by Crippen LogP contribution is -1.97. The number of carboxylic acid groups (broad SMARTS) is 1. The van der Waals surface area contributed by atoms with Crippen LogP contribution >= 0.6 is 23.2 Å². The molecule has 92 valence electrons. The predicted octanol–water partition coefficient (Wildman–Crippen LogP) is 4.50. The van der Waals surface area contributed by atoms with Gasteiger partial charge in [0.1, 0.15) is 5.82 Å². The van der Waals surface area contributed by atoms with Gasteiger partial charge in [-0.3, -0.25) is 0 Å². The van der Waals surface area contributed by atoms with Gasteiger partial charge in [-0.1, -0.05) is 35.3 Å². The Kier molecular flexibility index (Phi) is 3.55. The maximum atomic E-state index is 13.0. The molecule has 2 aromatic rings. The molecule has 18 heavy (non-hydrogen) atoms. The zero-order valence-electron chi connectivity index (χ0n) is 8.95. The normalized spacial score (nSPS) is 10.4. The van der Waals surface area contributed by atoms with E-state index in [1.165, 1.54) is 30.3 Å². The van der Waals surface area contributed by atoms with Crippen LogP contribution in [0.15, 0.2) is 36.4 Å². The van der Waals surface area contributed by atoms with Crippen LogP contribution in [-0.2, 0) is 0 Å². The van der Waals surface area contributed by atoms with Gasteiger partial charge in [-0.05, 0) is 35.4 Å². The topological polar surface area (TPSA) is 37.3 Å². The Hall–Kier alpha value is -1.58. The van der Waals surface area contributed by atoms with E-state index < -0.39 is 11.8 Å². The number of hydrogen-bond acceptors (Lipinski definition) is 1. The van der Waals surface area contributed by atoms with E-state index in [1.54, 1.807) is 6.07 Å². The first-order chi connectivity index (χ1) is 8.49. The van der Waals surface area contributed by atoms with Gasteiger partial charge in [0.25, 0.3) is 0 Å². The molecular weight excluding hydrogens is 278 g/mol. The molecule has 2 aromatic carbocycles. The molecule has 2 nitrogen and oxygen atoms in total. The molecule has 0 aliphatic rings. The van der Waals surface area contributed by atoms with Gasteiger partial charge >= 0.3 is 5.97 Å². The summed E-state index contributed by atoms with van der Waals surface area (Å²) in [4.78, 5) is 11.0. The van der Waals surface area contributed by atoms with Gasteiger partial charge in [0.15, 0.2) is 0 Å². The SMILES string of the molecule is O=C(O)c1cc(-c2ccc(F)c(Cl)c2)ccc1Cl. The van der Waals surface area contributed by atoms with Crippen molar-refractivity contribution in [2.45, 2.75) is 0 Å². The Morgan fingerprint density at radius 2 is 1.61 bits per heavy atom. The minimum Gasteiger partial charge on any atom is -0.478 e. The number of halogens is 3. The zero-order chi connectivity index (χ0) is 13.3. The predicted molar refractivity (Wildman–Crippen MR) is 68.8 cm³/mol. The highest BCUT2D eigenvalue weighted by molar-refractivity contribution is 6.33. The van der Waals surface area contributed by atoms with Crippen LogP contribution < -0.4 is 0 Å². The molecule has 1 N–H and O–H groups in total. The van der Waals surface area contributed by atoms with Crippen molar-refractivity contribution in [1.29, 1.82) is 0 Å². The summed E-state index contributed by atoms with van der Waals surface area (Å²) in [7, 11) is 0. The third-order valence-corrected chi connectivity index (χ3v) is 3.07. The molecule has 0 bridgehead atoms. The largest absolute Gasteiger partial charge is 0.478 e. The van der Waals surface area contributed by atoms with Crippen molar-refractivity contribution in [2.75, 3.05) is 0 Å². The maximum absolute atomic E-state index is 13.0. The van der Waals surface area contributed by atoms with Crippen molar-refractivity contribution in [3.05, 3.63) is 57.8 Å². The average Bonchev–Trinajstić information content (AvgIpc) is 2.33. The van der Waals surface area contributed by atoms with E-state index >= 15 is 0 Å². The fourth-order valence-electron chi connectivity index (χ4n) is 1.54. The second kappa shape index (κ2) is 4.96. The molecule has 0 radical (unpaired) electrons. The van der Waals surface area contributed by atoms with Crippen LogP contribution in [0.3, 0.4) is 0 Å². The Morgan fingerprint density at radius 3 is 2.22 bits per heavy atom. The van der Waals surface area contributed by atoms with Crippen LogP contribution in [0, 0.1) is 5.82 Å². The Bertz CT molecular complexity index is 626. The van der Waals surface area contributed by atoms with E-state index in [0.717, 1.165) is 0 Å². The summed E-state index contributed by atoms with van der Waals surface area (Å²) in [6.45, 7) is 0. The Balaban J connectivity index is 2.54. The van der Waals surface area contributed by atoms with Crippen molar-refractivity contribution in [3.63, 3.8) is 0 Å². The van der Waals surface area contributed by atoms with E-state index in [-0.39, 0.29) is 15.6 Å². The molecule has 0 spiro atoms. The lowest BCUT2D eigenvalue weighted by Gasteiger charge is -2.05. The van der Waals surface area contributed by atoms with Crippen molar-refractivity contribution in [2.24, 2.45) is 0 Å². The Labute approximate surface area is 113 Å². The standard InChI is InChI=1S/C13H7Cl2FO2/c14-10-3-1-7(5-9(10)13(17)18)8-2-4-12(16)11(15)6-8/h1-6H,(H,17,18). The first kappa shape index (κ1) is 12.9. The van der Waals surface area contributed by atoms with E-state index in [0.29, 0.717) is 11.1 Å². The smallest absolute Gasteiger partial charge is 0.337 e. The molecular formula is C13H7Cl2FO2. The van der Waals surface area contributed by atoms with Gasteiger partial charge in [0, 0.05) is 0 Å². The lowest BCUT2D eigenvalue weighted by atomic mass is 10.0. The molecule has 0 aliphatic carbocycles. The highest BCUT2D eigenvalue weighted by Crippen LogP contribution is 2.28. The monoisotopic (exact) mass is 284 g/mol. The first-order valence-electron chi connectivity index (χ1n) is 4.97. The van der Waals surface area contributed by atoms with Crippen LogP contribution in [-0.4, -0.2) is 11.1 Å². The number of aromatic carboxylic acids is 1. The van der Waals surface area contributed by atoms with Gasteiger partial charge in [-0.25, -0.2) is 9.18 Å². The molecule has 0 amide bonds. The summed E-state index contributed by atoms with van der Waals surface area (Å²) in [6.07, 6.45) is 0. The minimum absolute atomic E-state index is 0.00499. The molecule has 2 rings (SSSR count). The first-order valence-corrected chi connectivity index (χ1v) is 5.73. The van der Waals surface area contributed by atoms with Gasteiger partial charge < -0.3 is 5.11 Å². The van der Waals surface area contributed by atoms with Gasteiger partial charge in [-0.2, -0.15) is 0 Å². The van der Waals surface area contributed by atoms with Gasteiger partial charge in [0.05, 0.1) is 15.6 Å². The zero-order valence-corrected chi connectivity index (χ0v) is 10.5. The van der Waals surface area contributed by atoms with Crippen molar-refractivity contribution in [1.82, 2.24) is 0 Å². The highest BCUT2D eigenvalue weighted by Gasteiger charge is 2.11. The van der Waals surface area contributed by atoms with Crippen LogP contribution in [0.25, 0.3) is 11.1 Å². The van der Waals surface area contributed by atoms with Gasteiger partial charge in [0.2, 0.25) is 0 Å². The molecule has 0 heterocycles. The number of carbonyl (C=O) groups is 1. The quantitative estimate of drug-likeness (QED) is 0.882. The maximum Gasteiger partial charge on any atom is 0.337 e. The lowest BCUT2D eigenvalue weighted by molar-refractivity contribution is 0.0697. The number of hydrogen-bond donors (Lipinski definition) is 1. The molecule has 0 aromatic heterocycles. The van der Waals surface area contributed by atoms with E-state index in [4.69, 9.17) is 28.3 Å². The molecule has 0 fully saturated rings. The van der Waals surface area contributed by atoms with Crippen molar-refractivity contribution >= 4 is 29.2 Å². The van der Waals surface area contributed by atoms with E-state index in [1.807, 2.05) is 0 Å². The summed E-state index contributed by atoms with van der Waals surface area (Å²) in [6, 6.07) is 8.75. The number of benzene rings is 2. The highest BCUT2D eigenvalue weighted by atomic mass is 35.5. The summed E-state index contributed by atoms with van der Waals surface area (Å²) in [5, 5.41) is 9.10. The summed E-state index contributed by atoms with van der Waals surface area (Å²) in [5.41, 5.74) is 1.23. The number of rotatable bonds is 2. The fourth-order valence-corrected chi connectivity index (χ4v) is 1.92. The summed E-state index contributed by atoms with van der Waals surface area (Å²) >= 11 is 11.4. The Morgan fingerprint density at radius 1 is 1.00 bits per heavy atom. The third-order valence-electron chi connectivity index (χ3n) is 2.45. The fraction of sp³-hybridized carbons (Fsp3) is 0.